The first-order valence-corrected chi connectivity index (χ1v) is 12.7. The summed E-state index contributed by atoms with van der Waals surface area (Å²) in [6.45, 7) is 6.56. The van der Waals surface area contributed by atoms with Gasteiger partial charge in [-0.2, -0.15) is 0 Å². The Labute approximate surface area is 227 Å². The molecule has 194 valence electrons. The smallest absolute Gasteiger partial charge is 0.265 e. The van der Waals surface area contributed by atoms with Crippen LogP contribution in [0.25, 0.3) is 0 Å². The van der Waals surface area contributed by atoms with Gasteiger partial charge in [0.05, 0.1) is 11.6 Å². The van der Waals surface area contributed by atoms with Crippen molar-refractivity contribution < 1.29 is 19.1 Å². The van der Waals surface area contributed by atoms with Crippen molar-refractivity contribution in [2.75, 3.05) is 17.2 Å². The van der Waals surface area contributed by atoms with E-state index < -0.39 is 6.10 Å². The van der Waals surface area contributed by atoms with E-state index in [4.69, 9.17) is 33.3 Å². The molecule has 7 nitrogen and oxygen atoms in total. The monoisotopic (exact) mass is 539 g/mol. The Balaban J connectivity index is 1.46. The normalized spacial score (nSPS) is 11.4. The van der Waals surface area contributed by atoms with Crippen LogP contribution in [0.15, 0.2) is 72.8 Å². The second-order valence-electron chi connectivity index (χ2n) is 8.72. The molecule has 3 aromatic carbocycles. The van der Waals surface area contributed by atoms with Crippen LogP contribution in [0.4, 0.5) is 11.4 Å². The molecule has 37 heavy (non-hydrogen) atoms. The molecule has 0 heterocycles. The molecular formula is C28H30ClN3O4S. The van der Waals surface area contributed by atoms with Crippen LogP contribution in [0.3, 0.4) is 0 Å². The van der Waals surface area contributed by atoms with Crippen LogP contribution in [-0.2, 0) is 4.79 Å². The first-order chi connectivity index (χ1) is 17.7. The highest BCUT2D eigenvalue weighted by Crippen LogP contribution is 2.24. The van der Waals surface area contributed by atoms with Crippen LogP contribution in [0.1, 0.15) is 37.6 Å². The Kier molecular flexibility index (Phi) is 10.3. The lowest BCUT2D eigenvalue weighted by Crippen LogP contribution is -2.34. The van der Waals surface area contributed by atoms with Crippen LogP contribution >= 0.6 is 23.8 Å². The van der Waals surface area contributed by atoms with Crippen molar-refractivity contribution in [3.05, 3.63) is 83.4 Å². The predicted molar refractivity (Wildman–Crippen MR) is 152 cm³/mol. The van der Waals surface area contributed by atoms with E-state index in [1.165, 1.54) is 0 Å². The number of nitrogens with one attached hydrogen (secondary N) is 3. The van der Waals surface area contributed by atoms with Crippen molar-refractivity contribution in [1.29, 1.82) is 0 Å². The number of thiocarbonyl (C=S) groups is 1. The lowest BCUT2D eigenvalue weighted by Gasteiger charge is -2.16. The molecular weight excluding hydrogens is 510 g/mol. The van der Waals surface area contributed by atoms with Crippen molar-refractivity contribution in [2.24, 2.45) is 5.92 Å². The number of ether oxygens (including phenoxy) is 2. The Hall–Kier alpha value is -3.62. The maximum atomic E-state index is 12.5. The third-order valence-electron chi connectivity index (χ3n) is 5.23. The highest BCUT2D eigenvalue weighted by molar-refractivity contribution is 7.80. The van der Waals surface area contributed by atoms with Gasteiger partial charge in [-0.1, -0.05) is 37.6 Å². The van der Waals surface area contributed by atoms with Crippen LogP contribution in [0.2, 0.25) is 5.02 Å². The van der Waals surface area contributed by atoms with Crippen molar-refractivity contribution >= 4 is 52.1 Å². The number of carbonyl (C=O) groups excluding carboxylic acids is 2. The molecule has 0 aliphatic carbocycles. The summed E-state index contributed by atoms with van der Waals surface area (Å²) in [5, 5.41) is 8.99. The molecule has 3 N–H and O–H groups in total. The van der Waals surface area contributed by atoms with E-state index in [-0.39, 0.29) is 16.9 Å². The molecule has 0 fully saturated rings. The van der Waals surface area contributed by atoms with Gasteiger partial charge in [0.25, 0.3) is 11.8 Å². The van der Waals surface area contributed by atoms with E-state index in [9.17, 15) is 9.59 Å². The minimum absolute atomic E-state index is 0.154. The Bertz CT molecular complexity index is 1220. The highest BCUT2D eigenvalue weighted by Gasteiger charge is 2.16. The van der Waals surface area contributed by atoms with Crippen LogP contribution < -0.4 is 25.4 Å². The van der Waals surface area contributed by atoms with Gasteiger partial charge in [0.15, 0.2) is 11.2 Å². The lowest BCUT2D eigenvalue weighted by molar-refractivity contribution is -0.122. The van der Waals surface area contributed by atoms with Crippen LogP contribution in [0, 0.1) is 5.92 Å². The topological polar surface area (TPSA) is 88.7 Å². The van der Waals surface area contributed by atoms with Gasteiger partial charge < -0.3 is 20.1 Å². The molecule has 9 heteroatoms. The fourth-order valence-electron chi connectivity index (χ4n) is 3.12. The Morgan fingerprint density at radius 1 is 0.892 bits per heavy atom. The molecule has 0 radical (unpaired) electrons. The third-order valence-corrected chi connectivity index (χ3v) is 5.74. The summed E-state index contributed by atoms with van der Waals surface area (Å²) in [5.41, 5.74) is 1.69. The van der Waals surface area contributed by atoms with Crippen LogP contribution in [0.5, 0.6) is 11.5 Å². The highest BCUT2D eigenvalue weighted by atomic mass is 35.5. The number of anilines is 2. The zero-order valence-corrected chi connectivity index (χ0v) is 22.5. The van der Waals surface area contributed by atoms with Gasteiger partial charge in [-0.25, -0.2) is 0 Å². The van der Waals surface area contributed by atoms with Crippen molar-refractivity contribution in [3.8, 4) is 11.5 Å². The molecule has 0 aliphatic rings. The van der Waals surface area contributed by atoms with Gasteiger partial charge >= 0.3 is 0 Å². The number of rotatable bonds is 10. The average Bonchev–Trinajstić information content (AvgIpc) is 2.86. The molecule has 3 aromatic rings. The maximum absolute atomic E-state index is 12.5. The molecule has 0 aromatic heterocycles. The summed E-state index contributed by atoms with van der Waals surface area (Å²) in [7, 11) is 0. The van der Waals surface area contributed by atoms with Gasteiger partial charge in [0.2, 0.25) is 0 Å². The number of para-hydroxylation sites is 1. The fourth-order valence-corrected chi connectivity index (χ4v) is 3.51. The number of hydrogen-bond donors (Lipinski definition) is 3. The second kappa shape index (κ2) is 13.6. The number of amides is 2. The number of carbonyl (C=O) groups is 2. The summed E-state index contributed by atoms with van der Waals surface area (Å²) in [6.07, 6.45) is 0.216. The van der Waals surface area contributed by atoms with E-state index >= 15 is 0 Å². The lowest BCUT2D eigenvalue weighted by atomic mass is 10.1. The molecule has 0 saturated heterocycles. The Morgan fingerprint density at radius 3 is 2.14 bits per heavy atom. The SMILES string of the molecule is CC(C)CCOc1ccc(C(=O)NC(=S)Nc2ccc(NC(=O)C(C)Oc3ccccc3Cl)cc2)cc1. The van der Waals surface area contributed by atoms with Gasteiger partial charge in [0, 0.05) is 16.9 Å². The molecule has 0 bridgehead atoms. The zero-order valence-electron chi connectivity index (χ0n) is 20.9. The zero-order chi connectivity index (χ0) is 26.8. The van der Waals surface area contributed by atoms with E-state index in [1.807, 2.05) is 0 Å². The molecule has 3 rings (SSSR count). The Morgan fingerprint density at radius 2 is 1.51 bits per heavy atom. The summed E-state index contributed by atoms with van der Waals surface area (Å²) in [4.78, 5) is 25.0. The first kappa shape index (κ1) is 28.0. The third kappa shape index (κ3) is 9.08. The minimum atomic E-state index is -0.749. The second-order valence-corrected chi connectivity index (χ2v) is 9.54. The molecule has 0 aliphatic heterocycles. The van der Waals surface area contributed by atoms with Gasteiger partial charge in [-0.3, -0.25) is 14.9 Å². The summed E-state index contributed by atoms with van der Waals surface area (Å²) in [5.74, 6) is 1.07. The predicted octanol–water partition coefficient (Wildman–Crippen LogP) is 6.30. The van der Waals surface area contributed by atoms with Crippen molar-refractivity contribution in [3.63, 3.8) is 0 Å². The fraction of sp³-hybridized carbons (Fsp3) is 0.250. The number of benzene rings is 3. The van der Waals surface area contributed by atoms with E-state index in [2.05, 4.69) is 29.8 Å². The van der Waals surface area contributed by atoms with Gasteiger partial charge in [-0.15, -0.1) is 0 Å². The van der Waals surface area contributed by atoms with E-state index in [0.717, 1.165) is 12.2 Å². The summed E-state index contributed by atoms with van der Waals surface area (Å²) >= 11 is 11.3. The van der Waals surface area contributed by atoms with Crippen molar-refractivity contribution in [1.82, 2.24) is 5.32 Å². The van der Waals surface area contributed by atoms with Crippen LogP contribution in [-0.4, -0.2) is 29.6 Å². The standard InChI is InChI=1S/C28H30ClN3O4S/c1-18(2)16-17-35-23-14-8-20(9-15-23)27(34)32-28(37)31-22-12-10-21(11-13-22)30-26(33)19(3)36-25-7-5-4-6-24(25)29/h4-15,18-19H,16-17H2,1-3H3,(H,30,33)(H2,31,32,34,37). The molecule has 0 spiro atoms. The van der Waals surface area contributed by atoms with Gasteiger partial charge in [0.1, 0.15) is 11.5 Å². The largest absolute Gasteiger partial charge is 0.494 e. The number of hydrogen-bond acceptors (Lipinski definition) is 5. The van der Waals surface area contributed by atoms with Gasteiger partial charge in [-0.05, 0) is 92.1 Å². The summed E-state index contributed by atoms with van der Waals surface area (Å²) < 4.78 is 11.3. The van der Waals surface area contributed by atoms with E-state index in [1.54, 1.807) is 79.7 Å². The minimum Gasteiger partial charge on any atom is -0.494 e. The molecule has 0 saturated carbocycles. The average molecular weight is 540 g/mol. The molecule has 1 atom stereocenters. The molecule has 1 unspecified atom stereocenters. The molecule has 2 amide bonds. The maximum Gasteiger partial charge on any atom is 0.265 e. The van der Waals surface area contributed by atoms with Crippen molar-refractivity contribution in [2.45, 2.75) is 33.3 Å². The quantitative estimate of drug-likeness (QED) is 0.262. The summed E-state index contributed by atoms with van der Waals surface area (Å²) in [6, 6.07) is 20.8. The number of halogens is 1. The first-order valence-electron chi connectivity index (χ1n) is 11.9. The van der Waals surface area contributed by atoms with E-state index in [0.29, 0.717) is 40.2 Å².